The molecular formula is C13H19BNO3S. The molecule has 1 rings (SSSR count). The van der Waals surface area contributed by atoms with E-state index < -0.39 is 11.6 Å². The first-order valence-corrected chi connectivity index (χ1v) is 6.40. The summed E-state index contributed by atoms with van der Waals surface area (Å²) in [5.74, 6) is -0.454. The van der Waals surface area contributed by atoms with Gasteiger partial charge in [0.2, 0.25) is 0 Å². The van der Waals surface area contributed by atoms with E-state index in [0.717, 1.165) is 5.46 Å². The monoisotopic (exact) mass is 280 g/mol. The highest BCUT2D eigenvalue weighted by Gasteiger charge is 2.34. The molecule has 1 heterocycles. The molecule has 0 saturated heterocycles. The van der Waals surface area contributed by atoms with Gasteiger partial charge in [-0.05, 0) is 39.2 Å². The Morgan fingerprint density at radius 1 is 1.32 bits per heavy atom. The molecule has 19 heavy (non-hydrogen) atoms. The summed E-state index contributed by atoms with van der Waals surface area (Å²) in [4.78, 5) is 15.2. The summed E-state index contributed by atoms with van der Waals surface area (Å²) in [5.41, 5.74) is 0.615. The third kappa shape index (κ3) is 4.25. The van der Waals surface area contributed by atoms with Crippen molar-refractivity contribution in [3.05, 3.63) is 24.0 Å². The molecule has 0 N–H and O–H groups in total. The molecule has 0 bridgehead atoms. The lowest BCUT2D eigenvalue weighted by Crippen LogP contribution is -2.45. The van der Waals surface area contributed by atoms with Crippen molar-refractivity contribution in [3.63, 3.8) is 0 Å². The van der Waals surface area contributed by atoms with Crippen LogP contribution in [0.5, 0.6) is 0 Å². The molecule has 1 aromatic rings. The van der Waals surface area contributed by atoms with Crippen LogP contribution < -0.4 is 5.46 Å². The first-order chi connectivity index (χ1) is 8.67. The van der Waals surface area contributed by atoms with Gasteiger partial charge in [-0.15, -0.1) is 0 Å². The Labute approximate surface area is 120 Å². The van der Waals surface area contributed by atoms with Crippen molar-refractivity contribution in [2.45, 2.75) is 38.0 Å². The highest BCUT2D eigenvalue weighted by molar-refractivity contribution is 7.81. The summed E-state index contributed by atoms with van der Waals surface area (Å²) in [6.45, 7) is 7.91. The third-order valence-corrected chi connectivity index (χ3v) is 3.68. The number of ether oxygens (including phenoxy) is 1. The summed E-state index contributed by atoms with van der Waals surface area (Å²) in [7, 11) is 2.94. The average Bonchev–Trinajstić information content (AvgIpc) is 2.35. The second-order valence-corrected chi connectivity index (χ2v) is 6.39. The lowest BCUT2D eigenvalue weighted by Gasteiger charge is -2.38. The maximum Gasteiger partial charge on any atom is 0.356 e. The maximum absolute atomic E-state index is 11.2. The lowest BCUT2D eigenvalue weighted by atomic mass is 9.85. The van der Waals surface area contributed by atoms with Crippen LogP contribution in [0.4, 0.5) is 0 Å². The quantitative estimate of drug-likeness (QED) is 0.506. The molecule has 0 unspecified atom stereocenters. The highest BCUT2D eigenvalue weighted by atomic mass is 32.1. The summed E-state index contributed by atoms with van der Waals surface area (Å²) >= 11 is 4.52. The normalized spacial score (nSPS) is 12.1. The zero-order chi connectivity index (χ0) is 14.7. The molecule has 0 atom stereocenters. The molecule has 0 fully saturated rings. The molecule has 1 aromatic heterocycles. The van der Waals surface area contributed by atoms with E-state index in [9.17, 15) is 4.79 Å². The van der Waals surface area contributed by atoms with Gasteiger partial charge < -0.3 is 9.39 Å². The first kappa shape index (κ1) is 16.1. The Kier molecular flexibility index (Phi) is 5.04. The fourth-order valence-corrected chi connectivity index (χ4v) is 1.11. The van der Waals surface area contributed by atoms with Crippen LogP contribution in [0.1, 0.15) is 38.2 Å². The van der Waals surface area contributed by atoms with Crippen molar-refractivity contribution < 1.29 is 14.2 Å². The number of pyridine rings is 1. The molecule has 0 spiro atoms. The molecule has 0 saturated carbocycles. The number of carbonyl (C=O) groups is 1. The van der Waals surface area contributed by atoms with Gasteiger partial charge in [-0.25, -0.2) is 9.78 Å². The number of hydrogen-bond donors (Lipinski definition) is 1. The SMILES string of the molecule is COC(=O)c1ccc([B]OC(C)(C)C(C)(C)S)cn1. The van der Waals surface area contributed by atoms with Gasteiger partial charge >= 0.3 is 13.5 Å². The van der Waals surface area contributed by atoms with Crippen molar-refractivity contribution in [2.24, 2.45) is 0 Å². The Morgan fingerprint density at radius 2 is 1.95 bits per heavy atom. The van der Waals surface area contributed by atoms with E-state index >= 15 is 0 Å². The van der Waals surface area contributed by atoms with Crippen molar-refractivity contribution in [1.82, 2.24) is 4.98 Å². The van der Waals surface area contributed by atoms with Crippen LogP contribution in [0, 0.1) is 0 Å². The molecule has 1 radical (unpaired) electrons. The number of carbonyl (C=O) groups excluding carboxylic acids is 1. The van der Waals surface area contributed by atoms with E-state index in [2.05, 4.69) is 22.3 Å². The molecule has 0 aliphatic heterocycles. The van der Waals surface area contributed by atoms with Gasteiger partial charge in [-0.3, -0.25) is 0 Å². The van der Waals surface area contributed by atoms with E-state index in [1.165, 1.54) is 7.11 Å². The Balaban J connectivity index is 2.67. The standard InChI is InChI=1S/C13H19BNO3S/c1-12(2,13(3,4)19)18-14-9-6-7-10(15-8-9)11(16)17-5/h6-8,19H,1-5H3. The van der Waals surface area contributed by atoms with Crippen LogP contribution in [0.15, 0.2) is 18.3 Å². The van der Waals surface area contributed by atoms with Crippen molar-refractivity contribution in [2.75, 3.05) is 7.11 Å². The summed E-state index contributed by atoms with van der Waals surface area (Å²) in [5, 5.41) is 0. The van der Waals surface area contributed by atoms with E-state index in [0.29, 0.717) is 0 Å². The van der Waals surface area contributed by atoms with Crippen LogP contribution in [0.25, 0.3) is 0 Å². The van der Waals surface area contributed by atoms with Crippen LogP contribution in [0.2, 0.25) is 0 Å². The smallest absolute Gasteiger partial charge is 0.356 e. The minimum atomic E-state index is -0.454. The minimum Gasteiger partial charge on any atom is -0.464 e. The molecule has 0 aromatic carbocycles. The highest BCUT2D eigenvalue weighted by Crippen LogP contribution is 2.30. The average molecular weight is 280 g/mol. The number of aromatic nitrogens is 1. The van der Waals surface area contributed by atoms with Gasteiger partial charge in [0.25, 0.3) is 0 Å². The summed E-state index contributed by atoms with van der Waals surface area (Å²) in [6.07, 6.45) is 1.56. The largest absolute Gasteiger partial charge is 0.464 e. The van der Waals surface area contributed by atoms with Crippen LogP contribution >= 0.6 is 12.6 Å². The number of thiol groups is 1. The zero-order valence-corrected chi connectivity index (χ0v) is 12.8. The third-order valence-electron chi connectivity index (χ3n) is 3.14. The van der Waals surface area contributed by atoms with Crippen LogP contribution in [-0.2, 0) is 9.39 Å². The molecule has 4 nitrogen and oxygen atoms in total. The van der Waals surface area contributed by atoms with E-state index in [1.807, 2.05) is 27.7 Å². The fourth-order valence-electron chi connectivity index (χ4n) is 1.06. The Hall–Kier alpha value is -1.01. The molecule has 0 aliphatic rings. The van der Waals surface area contributed by atoms with Gasteiger partial charge in [-0.1, -0.05) is 6.07 Å². The van der Waals surface area contributed by atoms with Gasteiger partial charge in [0.15, 0.2) is 0 Å². The zero-order valence-electron chi connectivity index (χ0n) is 11.9. The topological polar surface area (TPSA) is 48.4 Å². The molecule has 0 aliphatic carbocycles. The van der Waals surface area contributed by atoms with Crippen molar-refractivity contribution in [1.29, 1.82) is 0 Å². The van der Waals surface area contributed by atoms with Gasteiger partial charge in [-0.2, -0.15) is 12.6 Å². The summed E-state index contributed by atoms with van der Waals surface area (Å²) in [6, 6.07) is 3.35. The van der Waals surface area contributed by atoms with Gasteiger partial charge in [0, 0.05) is 10.9 Å². The molecule has 103 valence electrons. The van der Waals surface area contributed by atoms with Gasteiger partial charge in [0.05, 0.1) is 12.7 Å². The number of methoxy groups -OCH3 is 1. The van der Waals surface area contributed by atoms with E-state index in [4.69, 9.17) is 4.65 Å². The summed E-state index contributed by atoms with van der Waals surface area (Å²) < 4.78 is 10.0. The van der Waals surface area contributed by atoms with Crippen molar-refractivity contribution >= 4 is 31.5 Å². The first-order valence-electron chi connectivity index (χ1n) is 5.95. The second kappa shape index (κ2) is 5.97. The maximum atomic E-state index is 11.2. The van der Waals surface area contributed by atoms with Gasteiger partial charge in [0.1, 0.15) is 5.69 Å². The molecule has 6 heteroatoms. The van der Waals surface area contributed by atoms with Crippen LogP contribution in [0.3, 0.4) is 0 Å². The number of nitrogens with zero attached hydrogens (tertiary/aromatic N) is 1. The van der Waals surface area contributed by atoms with E-state index in [-0.39, 0.29) is 10.4 Å². The second-order valence-electron chi connectivity index (χ2n) is 5.27. The number of hydrogen-bond acceptors (Lipinski definition) is 5. The minimum absolute atomic E-state index is 0.272. The number of rotatable bonds is 5. The predicted molar refractivity (Wildman–Crippen MR) is 79.2 cm³/mol. The van der Waals surface area contributed by atoms with Crippen molar-refractivity contribution in [3.8, 4) is 0 Å². The van der Waals surface area contributed by atoms with Crippen LogP contribution in [-0.4, -0.2) is 35.9 Å². The predicted octanol–water partition coefficient (Wildman–Crippen LogP) is 1.62. The van der Waals surface area contributed by atoms with E-state index in [1.54, 1.807) is 25.8 Å². The molecular weight excluding hydrogens is 261 g/mol. The Bertz CT molecular complexity index is 440. The number of esters is 1. The lowest BCUT2D eigenvalue weighted by molar-refractivity contribution is 0.0594. The Morgan fingerprint density at radius 3 is 2.37 bits per heavy atom. The molecule has 0 amide bonds. The fraction of sp³-hybridized carbons (Fsp3) is 0.538.